The highest BCUT2D eigenvalue weighted by molar-refractivity contribution is 5.82. The first-order valence-corrected chi connectivity index (χ1v) is 5.46. The Hall–Kier alpha value is -1.14. The van der Waals surface area contributed by atoms with Crippen molar-refractivity contribution in [3.8, 4) is 0 Å². The Bertz CT molecular complexity index is 282. The number of carbonyl (C=O) groups excluding carboxylic acids is 2. The zero-order chi connectivity index (χ0) is 12.2. The Morgan fingerprint density at radius 2 is 2.19 bits per heavy atom. The number of nitrogens with two attached hydrogens (primary N) is 1. The Morgan fingerprint density at radius 3 is 2.75 bits per heavy atom. The molecule has 1 rings (SSSR count). The second kappa shape index (κ2) is 5.27. The first-order valence-electron chi connectivity index (χ1n) is 5.46. The van der Waals surface area contributed by atoms with E-state index in [1.807, 2.05) is 6.92 Å². The summed E-state index contributed by atoms with van der Waals surface area (Å²) in [5, 5.41) is 2.68. The maximum Gasteiger partial charge on any atom is 0.235 e. The van der Waals surface area contributed by atoms with Crippen molar-refractivity contribution >= 4 is 11.8 Å². The van der Waals surface area contributed by atoms with Crippen molar-refractivity contribution in [2.45, 2.75) is 19.8 Å². The molecule has 6 nitrogen and oxygen atoms in total. The first-order chi connectivity index (χ1) is 7.51. The molecule has 92 valence electrons. The number of rotatable bonds is 4. The van der Waals surface area contributed by atoms with Gasteiger partial charge in [-0.25, -0.2) is 5.84 Å². The maximum absolute atomic E-state index is 11.6. The standard InChI is InChI=1S/C10H20N4O2/c1-10(9(16)12-2)4-6-14(7-10)5-3-8(15)13-11/h3-7,11H2,1-2H3,(H,12,16)(H,13,15). The lowest BCUT2D eigenvalue weighted by atomic mass is 9.89. The lowest BCUT2D eigenvalue weighted by Crippen LogP contribution is -2.40. The van der Waals surface area contributed by atoms with Crippen LogP contribution >= 0.6 is 0 Å². The molecule has 16 heavy (non-hydrogen) atoms. The molecule has 1 heterocycles. The first kappa shape index (κ1) is 12.9. The Balaban J connectivity index is 2.40. The summed E-state index contributed by atoms with van der Waals surface area (Å²) in [6.07, 6.45) is 1.21. The van der Waals surface area contributed by atoms with Gasteiger partial charge in [0.05, 0.1) is 5.41 Å². The van der Waals surface area contributed by atoms with Crippen molar-refractivity contribution < 1.29 is 9.59 Å². The van der Waals surface area contributed by atoms with Gasteiger partial charge in [0.1, 0.15) is 0 Å². The van der Waals surface area contributed by atoms with Crippen LogP contribution in [0.2, 0.25) is 0 Å². The average molecular weight is 228 g/mol. The Labute approximate surface area is 95.5 Å². The van der Waals surface area contributed by atoms with Gasteiger partial charge in [0, 0.05) is 26.6 Å². The molecule has 0 aromatic carbocycles. The van der Waals surface area contributed by atoms with E-state index >= 15 is 0 Å². The molecule has 0 bridgehead atoms. The van der Waals surface area contributed by atoms with Gasteiger partial charge in [0.2, 0.25) is 11.8 Å². The van der Waals surface area contributed by atoms with E-state index in [0.717, 1.165) is 13.0 Å². The van der Waals surface area contributed by atoms with Crippen LogP contribution in [-0.4, -0.2) is 43.4 Å². The SMILES string of the molecule is CNC(=O)C1(C)CCN(CCC(=O)NN)C1. The molecule has 0 spiro atoms. The molecule has 0 aliphatic carbocycles. The van der Waals surface area contributed by atoms with Gasteiger partial charge in [-0.2, -0.15) is 0 Å². The van der Waals surface area contributed by atoms with Crippen LogP contribution in [0.15, 0.2) is 0 Å². The smallest absolute Gasteiger partial charge is 0.235 e. The molecule has 2 amide bonds. The minimum absolute atomic E-state index is 0.0678. The quantitative estimate of drug-likeness (QED) is 0.321. The van der Waals surface area contributed by atoms with Crippen LogP contribution in [0.1, 0.15) is 19.8 Å². The third kappa shape index (κ3) is 2.93. The van der Waals surface area contributed by atoms with Crippen LogP contribution in [0.4, 0.5) is 0 Å². The molecule has 4 N–H and O–H groups in total. The van der Waals surface area contributed by atoms with Gasteiger partial charge in [0.25, 0.3) is 0 Å². The largest absolute Gasteiger partial charge is 0.359 e. The molecule has 0 aromatic heterocycles. The second-order valence-electron chi connectivity index (χ2n) is 4.48. The summed E-state index contributed by atoms with van der Waals surface area (Å²) in [5.74, 6) is 4.89. The minimum atomic E-state index is -0.325. The lowest BCUT2D eigenvalue weighted by Gasteiger charge is -2.22. The van der Waals surface area contributed by atoms with Crippen molar-refractivity contribution in [1.29, 1.82) is 0 Å². The number of nitrogens with zero attached hydrogens (tertiary/aromatic N) is 1. The molecular formula is C10H20N4O2. The summed E-state index contributed by atoms with van der Waals surface area (Å²) in [5.41, 5.74) is 1.77. The fourth-order valence-electron chi connectivity index (χ4n) is 2.07. The monoisotopic (exact) mass is 228 g/mol. The van der Waals surface area contributed by atoms with E-state index in [-0.39, 0.29) is 17.2 Å². The van der Waals surface area contributed by atoms with Crippen LogP contribution in [0.25, 0.3) is 0 Å². The highest BCUT2D eigenvalue weighted by Gasteiger charge is 2.39. The fraction of sp³-hybridized carbons (Fsp3) is 0.800. The summed E-state index contributed by atoms with van der Waals surface area (Å²) in [7, 11) is 1.65. The zero-order valence-electron chi connectivity index (χ0n) is 9.88. The van der Waals surface area contributed by atoms with Crippen molar-refractivity contribution in [3.05, 3.63) is 0 Å². The van der Waals surface area contributed by atoms with Gasteiger partial charge < -0.3 is 10.2 Å². The van der Waals surface area contributed by atoms with Gasteiger partial charge in [-0.3, -0.25) is 15.0 Å². The van der Waals surface area contributed by atoms with Gasteiger partial charge in [-0.1, -0.05) is 0 Å². The van der Waals surface area contributed by atoms with Gasteiger partial charge in [-0.15, -0.1) is 0 Å². The lowest BCUT2D eigenvalue weighted by molar-refractivity contribution is -0.129. The van der Waals surface area contributed by atoms with E-state index < -0.39 is 0 Å². The predicted octanol–water partition coefficient (Wildman–Crippen LogP) is -1.18. The van der Waals surface area contributed by atoms with Crippen LogP contribution in [0, 0.1) is 5.41 Å². The van der Waals surface area contributed by atoms with Crippen molar-refractivity contribution in [1.82, 2.24) is 15.6 Å². The predicted molar refractivity (Wildman–Crippen MR) is 60.2 cm³/mol. The van der Waals surface area contributed by atoms with E-state index in [4.69, 9.17) is 5.84 Å². The van der Waals surface area contributed by atoms with Crippen molar-refractivity contribution in [3.63, 3.8) is 0 Å². The number of carbonyl (C=O) groups is 2. The molecule has 6 heteroatoms. The normalized spacial score (nSPS) is 25.4. The summed E-state index contributed by atoms with van der Waals surface area (Å²) in [6.45, 7) is 4.15. The molecule has 1 saturated heterocycles. The van der Waals surface area contributed by atoms with Crippen LogP contribution < -0.4 is 16.6 Å². The summed E-state index contributed by atoms with van der Waals surface area (Å²) in [6, 6.07) is 0. The van der Waals surface area contributed by atoms with E-state index in [0.29, 0.717) is 19.5 Å². The molecule has 1 unspecified atom stereocenters. The molecule has 1 aliphatic rings. The average Bonchev–Trinajstić information content (AvgIpc) is 2.68. The summed E-state index contributed by atoms with van der Waals surface area (Å²) < 4.78 is 0. The third-order valence-corrected chi connectivity index (χ3v) is 3.14. The van der Waals surface area contributed by atoms with Gasteiger partial charge in [-0.05, 0) is 19.9 Å². The minimum Gasteiger partial charge on any atom is -0.359 e. The highest BCUT2D eigenvalue weighted by atomic mass is 16.2. The van der Waals surface area contributed by atoms with Crippen molar-refractivity contribution in [2.75, 3.05) is 26.7 Å². The van der Waals surface area contributed by atoms with Crippen molar-refractivity contribution in [2.24, 2.45) is 11.3 Å². The Kier molecular flexibility index (Phi) is 4.26. The van der Waals surface area contributed by atoms with E-state index in [1.54, 1.807) is 7.05 Å². The number of amides is 2. The molecule has 0 radical (unpaired) electrons. The number of hydrogen-bond donors (Lipinski definition) is 3. The van der Waals surface area contributed by atoms with Crippen LogP contribution in [-0.2, 0) is 9.59 Å². The number of hydrazine groups is 1. The summed E-state index contributed by atoms with van der Waals surface area (Å²) in [4.78, 5) is 24.7. The number of likely N-dealkylation sites (tertiary alicyclic amines) is 1. The van der Waals surface area contributed by atoms with Crippen LogP contribution in [0.3, 0.4) is 0 Å². The number of hydrogen-bond acceptors (Lipinski definition) is 4. The zero-order valence-corrected chi connectivity index (χ0v) is 9.88. The molecule has 0 saturated carbocycles. The highest BCUT2D eigenvalue weighted by Crippen LogP contribution is 2.29. The molecule has 1 fully saturated rings. The second-order valence-corrected chi connectivity index (χ2v) is 4.48. The topological polar surface area (TPSA) is 87.5 Å². The number of nitrogens with one attached hydrogen (secondary N) is 2. The van der Waals surface area contributed by atoms with Crippen LogP contribution in [0.5, 0.6) is 0 Å². The molecule has 0 aromatic rings. The van der Waals surface area contributed by atoms with E-state index in [9.17, 15) is 9.59 Å². The molecule has 1 aliphatic heterocycles. The van der Waals surface area contributed by atoms with Gasteiger partial charge >= 0.3 is 0 Å². The van der Waals surface area contributed by atoms with E-state index in [1.165, 1.54) is 0 Å². The fourth-order valence-corrected chi connectivity index (χ4v) is 2.07. The molecular weight excluding hydrogens is 208 g/mol. The maximum atomic E-state index is 11.6. The van der Waals surface area contributed by atoms with E-state index in [2.05, 4.69) is 15.6 Å². The molecule has 1 atom stereocenters. The third-order valence-electron chi connectivity index (χ3n) is 3.14. The summed E-state index contributed by atoms with van der Waals surface area (Å²) >= 11 is 0. The van der Waals surface area contributed by atoms with Gasteiger partial charge in [0.15, 0.2) is 0 Å². The Morgan fingerprint density at radius 1 is 1.50 bits per heavy atom.